The van der Waals surface area contributed by atoms with Crippen LogP contribution < -0.4 is 5.56 Å². The molecule has 0 radical (unpaired) electrons. The van der Waals surface area contributed by atoms with Gasteiger partial charge < -0.3 is 14.8 Å². The second-order valence-electron chi connectivity index (χ2n) is 4.17. The van der Waals surface area contributed by atoms with Crippen molar-refractivity contribution >= 4 is 0 Å². The van der Waals surface area contributed by atoms with Crippen molar-refractivity contribution in [1.82, 2.24) is 9.97 Å². The lowest BCUT2D eigenvalue weighted by Crippen LogP contribution is -2.15. The van der Waals surface area contributed by atoms with Crippen molar-refractivity contribution in [2.45, 2.75) is 13.3 Å². The number of nitrogens with zero attached hydrogens (tertiary/aromatic N) is 1. The Morgan fingerprint density at radius 1 is 1.35 bits per heavy atom. The van der Waals surface area contributed by atoms with E-state index < -0.39 is 11.4 Å². The van der Waals surface area contributed by atoms with E-state index in [2.05, 4.69) is 9.97 Å². The molecular weight excluding hydrogens is 263 g/mol. The maximum atomic E-state index is 12.9. The molecule has 0 aliphatic rings. The van der Waals surface area contributed by atoms with Gasteiger partial charge in [-0.25, -0.2) is 4.39 Å². The van der Waals surface area contributed by atoms with E-state index in [1.807, 2.05) is 6.92 Å². The van der Waals surface area contributed by atoms with Gasteiger partial charge in [-0.15, -0.1) is 0 Å². The van der Waals surface area contributed by atoms with Gasteiger partial charge in [0.1, 0.15) is 17.2 Å². The van der Waals surface area contributed by atoms with Crippen LogP contribution in [0.4, 0.5) is 4.39 Å². The fourth-order valence-corrected chi connectivity index (χ4v) is 1.82. The van der Waals surface area contributed by atoms with Crippen LogP contribution in [0.2, 0.25) is 0 Å². The lowest BCUT2D eigenvalue weighted by Gasteiger charge is -2.06. The Hall–Kier alpha value is -2.21. The molecule has 0 bridgehead atoms. The Labute approximate surface area is 115 Å². The van der Waals surface area contributed by atoms with E-state index in [0.717, 1.165) is 0 Å². The minimum absolute atomic E-state index is 0.0326. The van der Waals surface area contributed by atoms with Crippen molar-refractivity contribution < 1.29 is 14.2 Å². The van der Waals surface area contributed by atoms with Crippen molar-refractivity contribution in [3.05, 3.63) is 46.3 Å². The van der Waals surface area contributed by atoms with E-state index in [-0.39, 0.29) is 11.4 Å². The minimum atomic E-state index is -0.462. The second kappa shape index (κ2) is 6.29. The van der Waals surface area contributed by atoms with E-state index >= 15 is 0 Å². The van der Waals surface area contributed by atoms with Crippen LogP contribution in [0.5, 0.6) is 5.88 Å². The predicted molar refractivity (Wildman–Crippen MR) is 72.1 cm³/mol. The molecule has 0 atom stereocenters. The van der Waals surface area contributed by atoms with Crippen molar-refractivity contribution in [2.75, 3.05) is 13.2 Å². The molecule has 2 N–H and O–H groups in total. The van der Waals surface area contributed by atoms with Crippen molar-refractivity contribution in [3.8, 4) is 17.0 Å². The molecule has 106 valence electrons. The molecular formula is C14H15FN2O3. The number of aromatic hydroxyl groups is 1. The zero-order valence-corrected chi connectivity index (χ0v) is 11.0. The molecule has 1 aromatic carbocycles. The molecule has 0 aliphatic heterocycles. The van der Waals surface area contributed by atoms with E-state index in [9.17, 15) is 14.3 Å². The highest BCUT2D eigenvalue weighted by molar-refractivity contribution is 5.66. The van der Waals surface area contributed by atoms with Crippen molar-refractivity contribution in [3.63, 3.8) is 0 Å². The smallest absolute Gasteiger partial charge is 0.262 e. The van der Waals surface area contributed by atoms with Gasteiger partial charge in [-0.1, -0.05) is 12.1 Å². The molecule has 0 amide bonds. The van der Waals surface area contributed by atoms with E-state index in [4.69, 9.17) is 4.74 Å². The third-order valence-corrected chi connectivity index (χ3v) is 2.77. The van der Waals surface area contributed by atoms with Crippen LogP contribution in [-0.4, -0.2) is 28.3 Å². The number of rotatable bonds is 5. The maximum absolute atomic E-state index is 12.9. The number of aromatic amines is 1. The zero-order chi connectivity index (χ0) is 14.5. The number of hydrogen-bond donors (Lipinski definition) is 2. The largest absolute Gasteiger partial charge is 0.493 e. The first kappa shape index (κ1) is 14.2. The number of benzene rings is 1. The molecule has 0 unspecified atom stereocenters. The Morgan fingerprint density at radius 2 is 2.05 bits per heavy atom. The standard InChI is InChI=1S/C14H15FN2O3/c1-2-20-8-7-11-16-13(18)12(14(19)17-11)9-3-5-10(15)6-4-9/h3-6H,2,7-8H2,1H3,(H2,16,17,18,19). The summed E-state index contributed by atoms with van der Waals surface area (Å²) in [6, 6.07) is 5.27. The maximum Gasteiger partial charge on any atom is 0.262 e. The van der Waals surface area contributed by atoms with Gasteiger partial charge in [-0.05, 0) is 24.6 Å². The number of nitrogens with one attached hydrogen (secondary N) is 1. The van der Waals surface area contributed by atoms with Gasteiger partial charge in [0.2, 0.25) is 5.88 Å². The number of halogens is 1. The van der Waals surface area contributed by atoms with Gasteiger partial charge in [0.15, 0.2) is 0 Å². The van der Waals surface area contributed by atoms with Crippen molar-refractivity contribution in [1.29, 1.82) is 0 Å². The molecule has 0 aliphatic carbocycles. The highest BCUT2D eigenvalue weighted by Crippen LogP contribution is 2.23. The van der Waals surface area contributed by atoms with E-state index in [1.165, 1.54) is 24.3 Å². The number of hydrogen-bond acceptors (Lipinski definition) is 4. The SMILES string of the molecule is CCOCCc1nc(O)c(-c2ccc(F)cc2)c(=O)[nH]1. The molecule has 5 nitrogen and oxygen atoms in total. The van der Waals surface area contributed by atoms with Gasteiger partial charge in [0.05, 0.1) is 6.61 Å². The summed E-state index contributed by atoms with van der Waals surface area (Å²) in [5.74, 6) is -0.426. The van der Waals surface area contributed by atoms with Gasteiger partial charge in [-0.3, -0.25) is 4.79 Å². The third kappa shape index (κ3) is 3.21. The van der Waals surface area contributed by atoms with Gasteiger partial charge in [0, 0.05) is 13.0 Å². The van der Waals surface area contributed by atoms with Crippen LogP contribution in [0.1, 0.15) is 12.7 Å². The Morgan fingerprint density at radius 3 is 2.65 bits per heavy atom. The van der Waals surface area contributed by atoms with Crippen LogP contribution in [0, 0.1) is 5.82 Å². The molecule has 2 aromatic rings. The Bertz CT molecular complexity index is 638. The zero-order valence-electron chi connectivity index (χ0n) is 11.0. The summed E-state index contributed by atoms with van der Waals surface area (Å²) in [5, 5.41) is 9.89. The van der Waals surface area contributed by atoms with Crippen LogP contribution in [0.3, 0.4) is 0 Å². The number of aromatic nitrogens is 2. The van der Waals surface area contributed by atoms with Crippen LogP contribution >= 0.6 is 0 Å². The predicted octanol–water partition coefficient (Wildman–Crippen LogP) is 1.86. The summed E-state index contributed by atoms with van der Waals surface area (Å²) < 4.78 is 18.0. The van der Waals surface area contributed by atoms with Gasteiger partial charge >= 0.3 is 0 Å². The van der Waals surface area contributed by atoms with Crippen LogP contribution in [-0.2, 0) is 11.2 Å². The highest BCUT2D eigenvalue weighted by Gasteiger charge is 2.13. The first-order valence-electron chi connectivity index (χ1n) is 6.27. The Kier molecular flexibility index (Phi) is 4.47. The number of H-pyrrole nitrogens is 1. The quantitative estimate of drug-likeness (QED) is 0.819. The molecule has 2 rings (SSSR count). The van der Waals surface area contributed by atoms with E-state index in [1.54, 1.807) is 0 Å². The normalized spacial score (nSPS) is 10.7. The second-order valence-corrected chi connectivity index (χ2v) is 4.17. The average Bonchev–Trinajstić information content (AvgIpc) is 2.40. The van der Waals surface area contributed by atoms with Crippen LogP contribution in [0.15, 0.2) is 29.1 Å². The molecule has 6 heteroatoms. The lowest BCUT2D eigenvalue weighted by molar-refractivity contribution is 0.149. The molecule has 1 heterocycles. The summed E-state index contributed by atoms with van der Waals surface area (Å²) in [6.07, 6.45) is 0.403. The van der Waals surface area contributed by atoms with Crippen molar-refractivity contribution in [2.24, 2.45) is 0 Å². The first-order chi connectivity index (χ1) is 9.61. The number of ether oxygens (including phenoxy) is 1. The van der Waals surface area contributed by atoms with E-state index in [0.29, 0.717) is 31.0 Å². The topological polar surface area (TPSA) is 75.2 Å². The average molecular weight is 278 g/mol. The highest BCUT2D eigenvalue weighted by atomic mass is 19.1. The van der Waals surface area contributed by atoms with Gasteiger partial charge in [0.25, 0.3) is 5.56 Å². The molecule has 0 fully saturated rings. The summed E-state index contributed by atoms with van der Waals surface area (Å²) in [6.45, 7) is 2.85. The third-order valence-electron chi connectivity index (χ3n) is 2.77. The minimum Gasteiger partial charge on any atom is -0.493 e. The van der Waals surface area contributed by atoms with Gasteiger partial charge in [-0.2, -0.15) is 4.98 Å². The summed E-state index contributed by atoms with van der Waals surface area (Å²) >= 11 is 0. The first-order valence-corrected chi connectivity index (χ1v) is 6.27. The molecule has 20 heavy (non-hydrogen) atoms. The summed E-state index contributed by atoms with van der Waals surface area (Å²) in [5.41, 5.74) is -0.0187. The molecule has 0 saturated heterocycles. The Balaban J connectivity index is 2.31. The summed E-state index contributed by atoms with van der Waals surface area (Å²) in [4.78, 5) is 18.5. The molecule has 0 saturated carbocycles. The molecule has 0 spiro atoms. The fourth-order valence-electron chi connectivity index (χ4n) is 1.82. The fraction of sp³-hybridized carbons (Fsp3) is 0.286. The lowest BCUT2D eigenvalue weighted by atomic mass is 10.1. The van der Waals surface area contributed by atoms with Crippen LogP contribution in [0.25, 0.3) is 11.1 Å². The molecule has 1 aromatic heterocycles. The monoisotopic (exact) mass is 278 g/mol. The summed E-state index contributed by atoms with van der Waals surface area (Å²) in [7, 11) is 0.